The van der Waals surface area contributed by atoms with E-state index < -0.39 is 0 Å². The third-order valence-electron chi connectivity index (χ3n) is 5.57. The Morgan fingerprint density at radius 3 is 2.37 bits per heavy atom. The quantitative estimate of drug-likeness (QED) is 0.823. The molecule has 0 spiro atoms. The molecule has 0 bridgehead atoms. The summed E-state index contributed by atoms with van der Waals surface area (Å²) in [5.74, 6) is 2.64. The molecule has 2 nitrogen and oxygen atoms in total. The third kappa shape index (κ3) is 4.75. The molecule has 2 aliphatic carbocycles. The summed E-state index contributed by atoms with van der Waals surface area (Å²) in [7, 11) is 2.32. The van der Waals surface area contributed by atoms with E-state index in [1.54, 1.807) is 0 Å². The van der Waals surface area contributed by atoms with Gasteiger partial charge in [0, 0.05) is 19.1 Å². The lowest BCUT2D eigenvalue weighted by Gasteiger charge is -2.37. The molecule has 0 radical (unpaired) electrons. The molecule has 2 fully saturated rings. The number of nitrogens with two attached hydrogens (primary N) is 1. The van der Waals surface area contributed by atoms with Gasteiger partial charge in [0.25, 0.3) is 0 Å². The second kappa shape index (κ2) is 7.64. The summed E-state index contributed by atoms with van der Waals surface area (Å²) < 4.78 is 0. The van der Waals surface area contributed by atoms with Gasteiger partial charge in [-0.3, -0.25) is 0 Å². The molecular weight excluding hydrogens is 232 g/mol. The van der Waals surface area contributed by atoms with E-state index in [-0.39, 0.29) is 0 Å². The standard InChI is InChI=1S/C17H34N2/c1-3-14-9-10-17(18)16(11-14)13-19(2)12-15-7-5-4-6-8-15/h14-17H,3-13,18H2,1-2H3. The first-order valence-corrected chi connectivity index (χ1v) is 8.63. The molecule has 0 aliphatic heterocycles. The van der Waals surface area contributed by atoms with Crippen molar-refractivity contribution in [1.82, 2.24) is 4.90 Å². The highest BCUT2D eigenvalue weighted by Gasteiger charge is 2.28. The first-order valence-electron chi connectivity index (χ1n) is 8.63. The Balaban J connectivity index is 1.74. The molecule has 0 saturated heterocycles. The Morgan fingerprint density at radius 1 is 0.947 bits per heavy atom. The zero-order chi connectivity index (χ0) is 13.7. The molecule has 3 unspecified atom stereocenters. The molecule has 3 atom stereocenters. The molecular formula is C17H34N2. The van der Waals surface area contributed by atoms with E-state index in [4.69, 9.17) is 5.73 Å². The summed E-state index contributed by atoms with van der Waals surface area (Å²) >= 11 is 0. The third-order valence-corrected chi connectivity index (χ3v) is 5.57. The van der Waals surface area contributed by atoms with E-state index >= 15 is 0 Å². The summed E-state index contributed by atoms with van der Waals surface area (Å²) in [4.78, 5) is 2.58. The van der Waals surface area contributed by atoms with Crippen LogP contribution in [0.5, 0.6) is 0 Å². The van der Waals surface area contributed by atoms with Gasteiger partial charge in [0.1, 0.15) is 0 Å². The van der Waals surface area contributed by atoms with Gasteiger partial charge in [0.05, 0.1) is 0 Å². The van der Waals surface area contributed by atoms with Crippen LogP contribution in [0.25, 0.3) is 0 Å². The largest absolute Gasteiger partial charge is 0.327 e. The van der Waals surface area contributed by atoms with Crippen molar-refractivity contribution in [3.8, 4) is 0 Å². The zero-order valence-electron chi connectivity index (χ0n) is 13.1. The zero-order valence-corrected chi connectivity index (χ0v) is 13.1. The summed E-state index contributed by atoms with van der Waals surface area (Å²) in [5.41, 5.74) is 6.35. The second-order valence-electron chi connectivity index (χ2n) is 7.24. The van der Waals surface area contributed by atoms with E-state index in [2.05, 4.69) is 18.9 Å². The van der Waals surface area contributed by atoms with Gasteiger partial charge < -0.3 is 10.6 Å². The van der Waals surface area contributed by atoms with E-state index in [9.17, 15) is 0 Å². The van der Waals surface area contributed by atoms with Crippen molar-refractivity contribution in [2.24, 2.45) is 23.5 Å². The Kier molecular flexibility index (Phi) is 6.15. The fraction of sp³-hybridized carbons (Fsp3) is 1.00. The predicted molar refractivity (Wildman–Crippen MR) is 83.2 cm³/mol. The van der Waals surface area contributed by atoms with Crippen LogP contribution in [0.4, 0.5) is 0 Å². The Morgan fingerprint density at radius 2 is 1.68 bits per heavy atom. The lowest BCUT2D eigenvalue weighted by atomic mass is 9.77. The van der Waals surface area contributed by atoms with E-state index in [1.807, 2.05) is 0 Å². The first kappa shape index (κ1) is 15.3. The van der Waals surface area contributed by atoms with Crippen molar-refractivity contribution in [1.29, 1.82) is 0 Å². The van der Waals surface area contributed by atoms with E-state index in [1.165, 1.54) is 70.9 Å². The highest BCUT2D eigenvalue weighted by atomic mass is 15.1. The molecule has 0 aromatic heterocycles. The normalized spacial score (nSPS) is 33.8. The van der Waals surface area contributed by atoms with Crippen LogP contribution in [-0.2, 0) is 0 Å². The minimum atomic E-state index is 0.455. The SMILES string of the molecule is CCC1CCC(N)C(CN(C)CC2CCCCC2)C1. The fourth-order valence-electron chi connectivity index (χ4n) is 4.25. The first-order chi connectivity index (χ1) is 9.19. The minimum Gasteiger partial charge on any atom is -0.327 e. The minimum absolute atomic E-state index is 0.455. The monoisotopic (exact) mass is 266 g/mol. The van der Waals surface area contributed by atoms with Crippen LogP contribution in [-0.4, -0.2) is 31.1 Å². The van der Waals surface area contributed by atoms with Crippen LogP contribution in [0.2, 0.25) is 0 Å². The fourth-order valence-corrected chi connectivity index (χ4v) is 4.25. The molecule has 2 heteroatoms. The average Bonchev–Trinajstić information content (AvgIpc) is 2.42. The van der Waals surface area contributed by atoms with Gasteiger partial charge in [-0.15, -0.1) is 0 Å². The smallest absolute Gasteiger partial charge is 0.00795 e. The van der Waals surface area contributed by atoms with Crippen molar-refractivity contribution in [3.05, 3.63) is 0 Å². The summed E-state index contributed by atoms with van der Waals surface area (Å²) in [6, 6.07) is 0.455. The summed E-state index contributed by atoms with van der Waals surface area (Å²) in [5, 5.41) is 0. The van der Waals surface area contributed by atoms with Gasteiger partial charge in [0.15, 0.2) is 0 Å². The Hall–Kier alpha value is -0.0800. The molecule has 2 saturated carbocycles. The van der Waals surface area contributed by atoms with Crippen LogP contribution in [0.15, 0.2) is 0 Å². The van der Waals surface area contributed by atoms with Crippen LogP contribution in [0, 0.1) is 17.8 Å². The van der Waals surface area contributed by atoms with Gasteiger partial charge in [-0.05, 0) is 56.9 Å². The van der Waals surface area contributed by atoms with Crippen molar-refractivity contribution in [3.63, 3.8) is 0 Å². The summed E-state index contributed by atoms with van der Waals surface area (Å²) in [6.45, 7) is 4.87. The predicted octanol–water partition coefficient (Wildman–Crippen LogP) is 3.65. The van der Waals surface area contributed by atoms with Crippen LogP contribution >= 0.6 is 0 Å². The van der Waals surface area contributed by atoms with Crippen LogP contribution < -0.4 is 5.73 Å². The molecule has 2 N–H and O–H groups in total. The van der Waals surface area contributed by atoms with Crippen LogP contribution in [0.1, 0.15) is 64.7 Å². The number of hydrogen-bond donors (Lipinski definition) is 1. The van der Waals surface area contributed by atoms with Gasteiger partial charge in [-0.2, -0.15) is 0 Å². The molecule has 112 valence electrons. The van der Waals surface area contributed by atoms with Gasteiger partial charge in [-0.25, -0.2) is 0 Å². The molecule has 19 heavy (non-hydrogen) atoms. The lowest BCUT2D eigenvalue weighted by molar-refractivity contribution is 0.151. The number of hydrogen-bond acceptors (Lipinski definition) is 2. The van der Waals surface area contributed by atoms with Crippen molar-refractivity contribution < 1.29 is 0 Å². The number of rotatable bonds is 5. The Bertz CT molecular complexity index is 248. The van der Waals surface area contributed by atoms with Gasteiger partial charge in [0.2, 0.25) is 0 Å². The van der Waals surface area contributed by atoms with Crippen LogP contribution in [0.3, 0.4) is 0 Å². The maximum Gasteiger partial charge on any atom is 0.00795 e. The molecule has 0 aromatic carbocycles. The summed E-state index contributed by atoms with van der Waals surface area (Å²) in [6.07, 6.45) is 12.6. The van der Waals surface area contributed by atoms with Gasteiger partial charge in [-0.1, -0.05) is 32.6 Å². The molecule has 0 heterocycles. The van der Waals surface area contributed by atoms with Gasteiger partial charge >= 0.3 is 0 Å². The molecule has 2 aliphatic rings. The second-order valence-corrected chi connectivity index (χ2v) is 7.24. The van der Waals surface area contributed by atoms with Crippen molar-refractivity contribution in [2.45, 2.75) is 70.8 Å². The van der Waals surface area contributed by atoms with Crippen molar-refractivity contribution >= 4 is 0 Å². The lowest BCUT2D eigenvalue weighted by Crippen LogP contribution is -2.43. The Labute approximate surface area is 120 Å². The maximum absolute atomic E-state index is 6.35. The maximum atomic E-state index is 6.35. The highest BCUT2D eigenvalue weighted by Crippen LogP contribution is 2.31. The van der Waals surface area contributed by atoms with E-state index in [0.717, 1.165) is 17.8 Å². The highest BCUT2D eigenvalue weighted by molar-refractivity contribution is 4.84. The molecule has 0 amide bonds. The number of nitrogens with zero attached hydrogens (tertiary/aromatic N) is 1. The van der Waals surface area contributed by atoms with E-state index in [0.29, 0.717) is 6.04 Å². The topological polar surface area (TPSA) is 29.3 Å². The average molecular weight is 266 g/mol. The molecule has 0 aromatic rings. The van der Waals surface area contributed by atoms with Crippen molar-refractivity contribution in [2.75, 3.05) is 20.1 Å². The molecule has 2 rings (SSSR count).